The number of sulfone groups is 1. The van der Waals surface area contributed by atoms with Crippen molar-refractivity contribution in [1.82, 2.24) is 4.98 Å². The van der Waals surface area contributed by atoms with E-state index in [4.69, 9.17) is 5.11 Å². The molecule has 0 spiro atoms. The minimum Gasteiger partial charge on any atom is -0.478 e. The molecule has 19 heavy (non-hydrogen) atoms. The van der Waals surface area contributed by atoms with Crippen LogP contribution in [0.4, 0.5) is 5.82 Å². The van der Waals surface area contributed by atoms with Crippen LogP contribution in [0.25, 0.3) is 0 Å². The van der Waals surface area contributed by atoms with Crippen molar-refractivity contribution >= 4 is 21.6 Å². The molecule has 106 valence electrons. The maximum atomic E-state index is 11.6. The number of hydrogen-bond acceptors (Lipinski definition) is 5. The number of carboxylic acids is 1. The molecule has 0 radical (unpaired) electrons. The van der Waals surface area contributed by atoms with E-state index < -0.39 is 20.6 Å². The highest BCUT2D eigenvalue weighted by Crippen LogP contribution is 2.20. The van der Waals surface area contributed by atoms with Gasteiger partial charge in [0.1, 0.15) is 11.4 Å². The number of anilines is 1. The van der Waals surface area contributed by atoms with Crippen molar-refractivity contribution < 1.29 is 18.3 Å². The first kappa shape index (κ1) is 15.4. The molecule has 6 nitrogen and oxygen atoms in total. The first-order valence-electron chi connectivity index (χ1n) is 5.68. The molecule has 0 saturated carbocycles. The lowest BCUT2D eigenvalue weighted by Gasteiger charge is -2.23. The van der Waals surface area contributed by atoms with Gasteiger partial charge in [0.05, 0.1) is 4.75 Å². The zero-order chi connectivity index (χ0) is 14.8. The van der Waals surface area contributed by atoms with Crippen LogP contribution in [-0.4, -0.2) is 42.0 Å². The molecule has 7 heteroatoms. The van der Waals surface area contributed by atoms with Gasteiger partial charge in [-0.2, -0.15) is 0 Å². The summed E-state index contributed by atoms with van der Waals surface area (Å²) in [5.41, 5.74) is 0.633. The molecule has 0 bridgehead atoms. The van der Waals surface area contributed by atoms with Crippen molar-refractivity contribution in [1.29, 1.82) is 0 Å². The minimum atomic E-state index is -3.25. The van der Waals surface area contributed by atoms with Crippen molar-refractivity contribution in [2.45, 2.75) is 25.5 Å². The molecule has 1 heterocycles. The summed E-state index contributed by atoms with van der Waals surface area (Å²) in [5, 5.41) is 11.9. The maximum absolute atomic E-state index is 11.6. The van der Waals surface area contributed by atoms with Crippen molar-refractivity contribution in [3.63, 3.8) is 0 Å². The summed E-state index contributed by atoms with van der Waals surface area (Å²) in [6.07, 6.45) is 2.63. The molecule has 0 fully saturated rings. The molecule has 0 atom stereocenters. The molecule has 1 rings (SSSR count). The normalized spacial score (nSPS) is 12.2. The SMILES string of the molecule is Cc1ccnc(NCC(C)(C)S(C)(=O)=O)c1C(=O)O. The Balaban J connectivity index is 3.03. The Morgan fingerprint density at radius 3 is 2.53 bits per heavy atom. The highest BCUT2D eigenvalue weighted by atomic mass is 32.2. The van der Waals surface area contributed by atoms with E-state index in [0.29, 0.717) is 5.56 Å². The second-order valence-corrected chi connectivity index (χ2v) is 7.69. The van der Waals surface area contributed by atoms with Gasteiger partial charge in [0.25, 0.3) is 0 Å². The van der Waals surface area contributed by atoms with Gasteiger partial charge in [-0.25, -0.2) is 18.2 Å². The average molecular weight is 286 g/mol. The molecule has 0 aliphatic rings. The molecule has 0 aromatic carbocycles. The fourth-order valence-corrected chi connectivity index (χ4v) is 1.72. The summed E-state index contributed by atoms with van der Waals surface area (Å²) in [6, 6.07) is 1.59. The number of aryl methyl sites for hydroxylation is 1. The van der Waals surface area contributed by atoms with E-state index >= 15 is 0 Å². The molecular weight excluding hydrogens is 268 g/mol. The summed E-state index contributed by atoms with van der Waals surface area (Å²) in [5.74, 6) is -0.908. The van der Waals surface area contributed by atoms with Gasteiger partial charge in [-0.3, -0.25) is 0 Å². The van der Waals surface area contributed by atoms with Crippen LogP contribution in [0, 0.1) is 6.92 Å². The molecular formula is C12H18N2O4S. The summed E-state index contributed by atoms with van der Waals surface area (Å²) in [4.78, 5) is 15.1. The Morgan fingerprint density at radius 2 is 2.05 bits per heavy atom. The lowest BCUT2D eigenvalue weighted by atomic mass is 10.1. The number of aromatic nitrogens is 1. The topological polar surface area (TPSA) is 96.4 Å². The van der Waals surface area contributed by atoms with E-state index in [1.807, 2.05) is 0 Å². The van der Waals surface area contributed by atoms with E-state index in [-0.39, 0.29) is 17.9 Å². The van der Waals surface area contributed by atoms with Crippen molar-refractivity contribution in [3.05, 3.63) is 23.4 Å². The number of nitrogens with zero attached hydrogens (tertiary/aromatic N) is 1. The molecule has 1 aromatic rings. The number of rotatable bonds is 5. The van der Waals surface area contributed by atoms with Crippen LogP contribution < -0.4 is 5.32 Å². The molecule has 2 N–H and O–H groups in total. The van der Waals surface area contributed by atoms with Crippen molar-refractivity contribution in [3.8, 4) is 0 Å². The highest BCUT2D eigenvalue weighted by molar-refractivity contribution is 7.92. The number of nitrogens with one attached hydrogen (secondary N) is 1. The van der Waals surface area contributed by atoms with Gasteiger partial charge in [0.15, 0.2) is 9.84 Å². The third-order valence-electron chi connectivity index (χ3n) is 3.06. The van der Waals surface area contributed by atoms with Crippen LogP contribution >= 0.6 is 0 Å². The molecule has 0 aliphatic carbocycles. The van der Waals surface area contributed by atoms with E-state index in [0.717, 1.165) is 6.26 Å². The van der Waals surface area contributed by atoms with Gasteiger partial charge < -0.3 is 10.4 Å². The van der Waals surface area contributed by atoms with Gasteiger partial charge in [0, 0.05) is 19.0 Å². The first-order chi connectivity index (χ1) is 8.56. The van der Waals surface area contributed by atoms with E-state index in [2.05, 4.69) is 10.3 Å². The number of carbonyl (C=O) groups is 1. The summed E-state index contributed by atoms with van der Waals surface area (Å²) < 4.78 is 22.2. The van der Waals surface area contributed by atoms with Crippen LogP contribution in [0.1, 0.15) is 29.8 Å². The van der Waals surface area contributed by atoms with Crippen LogP contribution in [0.15, 0.2) is 12.3 Å². The van der Waals surface area contributed by atoms with Crippen LogP contribution in [0.3, 0.4) is 0 Å². The van der Waals surface area contributed by atoms with Gasteiger partial charge >= 0.3 is 5.97 Å². The van der Waals surface area contributed by atoms with Crippen LogP contribution in [0.5, 0.6) is 0 Å². The molecule has 0 aliphatic heterocycles. The van der Waals surface area contributed by atoms with E-state index in [1.165, 1.54) is 6.20 Å². The fourth-order valence-electron chi connectivity index (χ4n) is 1.39. The van der Waals surface area contributed by atoms with E-state index in [9.17, 15) is 13.2 Å². The zero-order valence-corrected chi connectivity index (χ0v) is 12.2. The van der Waals surface area contributed by atoms with Gasteiger partial charge in [0.2, 0.25) is 0 Å². The quantitative estimate of drug-likeness (QED) is 0.847. The third kappa shape index (κ3) is 3.44. The summed E-state index contributed by atoms with van der Waals surface area (Å²) >= 11 is 0. The van der Waals surface area contributed by atoms with Crippen molar-refractivity contribution in [2.75, 3.05) is 18.1 Å². The van der Waals surface area contributed by atoms with Crippen molar-refractivity contribution in [2.24, 2.45) is 0 Å². The Bertz CT molecular complexity index is 594. The predicted molar refractivity (Wildman–Crippen MR) is 73.3 cm³/mol. The predicted octanol–water partition coefficient (Wildman–Crippen LogP) is 1.32. The largest absolute Gasteiger partial charge is 0.478 e. The lowest BCUT2D eigenvalue weighted by Crippen LogP contribution is -2.38. The summed E-state index contributed by atoms with van der Waals surface area (Å²) in [7, 11) is -3.25. The Morgan fingerprint density at radius 1 is 1.47 bits per heavy atom. The maximum Gasteiger partial charge on any atom is 0.339 e. The smallest absolute Gasteiger partial charge is 0.339 e. The number of pyridine rings is 1. The average Bonchev–Trinajstić information content (AvgIpc) is 2.24. The molecule has 0 amide bonds. The number of carboxylic acid groups (broad SMARTS) is 1. The Hall–Kier alpha value is -1.63. The second kappa shape index (κ2) is 5.16. The van der Waals surface area contributed by atoms with Crippen LogP contribution in [0.2, 0.25) is 0 Å². The van der Waals surface area contributed by atoms with Gasteiger partial charge in [-0.15, -0.1) is 0 Å². The van der Waals surface area contributed by atoms with Gasteiger partial charge in [-0.05, 0) is 32.4 Å². The zero-order valence-electron chi connectivity index (χ0n) is 11.4. The minimum absolute atomic E-state index is 0.0619. The summed E-state index contributed by atoms with van der Waals surface area (Å²) in [6.45, 7) is 4.90. The molecule has 1 aromatic heterocycles. The first-order valence-corrected chi connectivity index (χ1v) is 7.58. The van der Waals surface area contributed by atoms with Crippen LogP contribution in [-0.2, 0) is 9.84 Å². The third-order valence-corrected chi connectivity index (χ3v) is 5.21. The number of hydrogen-bond donors (Lipinski definition) is 2. The van der Waals surface area contributed by atoms with Gasteiger partial charge in [-0.1, -0.05) is 0 Å². The Kier molecular flexibility index (Phi) is 4.19. The van der Waals surface area contributed by atoms with E-state index in [1.54, 1.807) is 26.8 Å². The standard InChI is InChI=1S/C12H18N2O4S/c1-8-5-6-13-10(9(8)11(15)16)14-7-12(2,3)19(4,17)18/h5-6H,7H2,1-4H3,(H,13,14)(H,15,16). The monoisotopic (exact) mass is 286 g/mol. The highest BCUT2D eigenvalue weighted by Gasteiger charge is 2.30. The Labute approximate surface area is 112 Å². The fraction of sp³-hybridized carbons (Fsp3) is 0.500. The molecule has 0 saturated heterocycles. The number of aromatic carboxylic acids is 1. The second-order valence-electron chi connectivity index (χ2n) is 5.04. The lowest BCUT2D eigenvalue weighted by molar-refractivity contribution is 0.0696. The molecule has 0 unspecified atom stereocenters.